The van der Waals surface area contributed by atoms with Crippen LogP contribution in [-0.2, 0) is 9.59 Å². The molecule has 3 rings (SSSR count). The maximum atomic E-state index is 13.0. The van der Waals surface area contributed by atoms with Gasteiger partial charge in [0.25, 0.3) is 11.8 Å². The normalized spacial score (nSPS) is 14.3. The molecule has 0 fully saturated rings. The van der Waals surface area contributed by atoms with Crippen molar-refractivity contribution in [3.8, 4) is 11.5 Å². The van der Waals surface area contributed by atoms with Crippen molar-refractivity contribution < 1.29 is 19.1 Å². The molecule has 7 heteroatoms. The van der Waals surface area contributed by atoms with Gasteiger partial charge >= 0.3 is 0 Å². The van der Waals surface area contributed by atoms with Crippen molar-refractivity contribution >= 4 is 46.3 Å². The standard InChI is InChI=1S/C19H15Cl2NO4/c1-10-8-12(20)5-6-13(10)22-18(23)16(17(21)19(22)24)11-4-7-14(25-2)15(9-11)26-3/h4-9H,1-3H3. The van der Waals surface area contributed by atoms with Crippen molar-refractivity contribution in [2.75, 3.05) is 19.1 Å². The fourth-order valence-electron chi connectivity index (χ4n) is 2.83. The Labute approximate surface area is 160 Å². The van der Waals surface area contributed by atoms with Crippen LogP contribution < -0.4 is 14.4 Å². The molecular weight excluding hydrogens is 377 g/mol. The molecule has 134 valence electrons. The summed E-state index contributed by atoms with van der Waals surface area (Å²) < 4.78 is 10.5. The topological polar surface area (TPSA) is 55.8 Å². The Morgan fingerprint density at radius 2 is 1.58 bits per heavy atom. The number of hydrogen-bond donors (Lipinski definition) is 0. The lowest BCUT2D eigenvalue weighted by Gasteiger charge is -2.17. The molecule has 0 aromatic heterocycles. The summed E-state index contributed by atoms with van der Waals surface area (Å²) in [4.78, 5) is 26.7. The molecule has 1 heterocycles. The summed E-state index contributed by atoms with van der Waals surface area (Å²) in [7, 11) is 3.00. The van der Waals surface area contributed by atoms with E-state index in [-0.39, 0.29) is 10.6 Å². The molecule has 2 aromatic carbocycles. The van der Waals surface area contributed by atoms with E-state index in [4.69, 9.17) is 32.7 Å². The highest BCUT2D eigenvalue weighted by molar-refractivity contribution is 6.60. The van der Waals surface area contributed by atoms with Crippen LogP contribution in [0.2, 0.25) is 5.02 Å². The van der Waals surface area contributed by atoms with E-state index in [1.54, 1.807) is 43.3 Å². The Balaban J connectivity index is 2.07. The van der Waals surface area contributed by atoms with Crippen LogP contribution in [0.15, 0.2) is 41.4 Å². The number of anilines is 1. The monoisotopic (exact) mass is 391 g/mol. The fourth-order valence-corrected chi connectivity index (χ4v) is 3.33. The predicted octanol–water partition coefficient (Wildman–Crippen LogP) is 4.19. The Kier molecular flexibility index (Phi) is 4.94. The molecule has 0 aliphatic carbocycles. The van der Waals surface area contributed by atoms with Crippen LogP contribution in [-0.4, -0.2) is 26.0 Å². The van der Waals surface area contributed by atoms with Crippen molar-refractivity contribution in [2.45, 2.75) is 6.92 Å². The summed E-state index contributed by atoms with van der Waals surface area (Å²) in [5, 5.41) is 0.376. The number of rotatable bonds is 4. The highest BCUT2D eigenvalue weighted by atomic mass is 35.5. The number of ether oxygens (including phenoxy) is 2. The molecule has 0 spiro atoms. The molecule has 0 saturated heterocycles. The maximum absolute atomic E-state index is 13.0. The van der Waals surface area contributed by atoms with Gasteiger partial charge in [-0.2, -0.15) is 0 Å². The van der Waals surface area contributed by atoms with Crippen LogP contribution in [0.1, 0.15) is 11.1 Å². The van der Waals surface area contributed by atoms with E-state index in [1.807, 2.05) is 0 Å². The fraction of sp³-hybridized carbons (Fsp3) is 0.158. The number of hydrogen-bond acceptors (Lipinski definition) is 4. The molecule has 2 amide bonds. The summed E-state index contributed by atoms with van der Waals surface area (Å²) in [6.07, 6.45) is 0. The number of halogens is 2. The van der Waals surface area contributed by atoms with Crippen molar-refractivity contribution in [1.29, 1.82) is 0 Å². The Hall–Kier alpha value is -2.50. The number of methoxy groups -OCH3 is 2. The molecule has 0 N–H and O–H groups in total. The number of imide groups is 1. The second kappa shape index (κ2) is 7.02. The molecule has 5 nitrogen and oxygen atoms in total. The van der Waals surface area contributed by atoms with Gasteiger partial charge in [-0.1, -0.05) is 29.3 Å². The van der Waals surface area contributed by atoms with E-state index in [9.17, 15) is 9.59 Å². The third-order valence-corrected chi connectivity index (χ3v) is 4.69. The highest BCUT2D eigenvalue weighted by Crippen LogP contribution is 2.39. The molecule has 1 aliphatic rings. The van der Waals surface area contributed by atoms with Crippen molar-refractivity contribution in [3.63, 3.8) is 0 Å². The molecule has 0 radical (unpaired) electrons. The minimum absolute atomic E-state index is 0.118. The first-order valence-corrected chi connectivity index (χ1v) is 8.41. The van der Waals surface area contributed by atoms with Crippen LogP contribution in [0.3, 0.4) is 0 Å². The number of benzene rings is 2. The van der Waals surface area contributed by atoms with E-state index in [1.165, 1.54) is 14.2 Å². The number of amides is 2. The zero-order valence-corrected chi connectivity index (χ0v) is 15.8. The van der Waals surface area contributed by atoms with E-state index in [2.05, 4.69) is 0 Å². The van der Waals surface area contributed by atoms with Crippen LogP contribution in [0.25, 0.3) is 5.57 Å². The Morgan fingerprint density at radius 1 is 0.885 bits per heavy atom. The van der Waals surface area contributed by atoms with Crippen LogP contribution in [0.5, 0.6) is 11.5 Å². The number of aryl methyl sites for hydroxylation is 1. The third kappa shape index (κ3) is 2.93. The predicted molar refractivity (Wildman–Crippen MR) is 101 cm³/mol. The lowest BCUT2D eigenvalue weighted by Crippen LogP contribution is -2.31. The maximum Gasteiger partial charge on any atom is 0.277 e. The van der Waals surface area contributed by atoms with Crippen molar-refractivity contribution in [1.82, 2.24) is 0 Å². The molecule has 0 atom stereocenters. The van der Waals surface area contributed by atoms with Gasteiger partial charge in [0.1, 0.15) is 5.03 Å². The largest absolute Gasteiger partial charge is 0.493 e. The summed E-state index contributed by atoms with van der Waals surface area (Å²) in [6, 6.07) is 9.84. The van der Waals surface area contributed by atoms with Gasteiger partial charge in [-0.15, -0.1) is 0 Å². The summed E-state index contributed by atoms with van der Waals surface area (Å²) in [5.74, 6) is -0.136. The van der Waals surface area contributed by atoms with E-state index in [0.29, 0.717) is 33.3 Å². The Morgan fingerprint density at radius 3 is 2.19 bits per heavy atom. The van der Waals surface area contributed by atoms with E-state index >= 15 is 0 Å². The molecule has 1 aliphatic heterocycles. The van der Waals surface area contributed by atoms with Gasteiger partial charge in [-0.05, 0) is 48.4 Å². The van der Waals surface area contributed by atoms with Gasteiger partial charge in [0.2, 0.25) is 0 Å². The molecule has 0 saturated carbocycles. The minimum atomic E-state index is -0.577. The van der Waals surface area contributed by atoms with Gasteiger partial charge in [-0.3, -0.25) is 9.59 Å². The third-order valence-electron chi connectivity index (χ3n) is 4.10. The summed E-state index contributed by atoms with van der Waals surface area (Å²) in [5.41, 5.74) is 1.72. The first kappa shape index (κ1) is 18.3. The van der Waals surface area contributed by atoms with Crippen LogP contribution in [0.4, 0.5) is 5.69 Å². The summed E-state index contributed by atoms with van der Waals surface area (Å²) >= 11 is 12.2. The van der Waals surface area contributed by atoms with Gasteiger partial charge in [0.15, 0.2) is 11.5 Å². The molecular formula is C19H15Cl2NO4. The summed E-state index contributed by atoms with van der Waals surface area (Å²) in [6.45, 7) is 1.77. The number of nitrogens with zero attached hydrogens (tertiary/aromatic N) is 1. The first-order valence-electron chi connectivity index (χ1n) is 7.66. The van der Waals surface area contributed by atoms with Gasteiger partial charge in [0.05, 0.1) is 25.5 Å². The second-order valence-electron chi connectivity index (χ2n) is 5.64. The average Bonchev–Trinajstić information content (AvgIpc) is 2.84. The molecule has 26 heavy (non-hydrogen) atoms. The zero-order valence-electron chi connectivity index (χ0n) is 14.3. The lowest BCUT2D eigenvalue weighted by atomic mass is 10.1. The van der Waals surface area contributed by atoms with E-state index in [0.717, 1.165) is 4.90 Å². The quantitative estimate of drug-likeness (QED) is 0.733. The van der Waals surface area contributed by atoms with E-state index < -0.39 is 11.8 Å². The highest BCUT2D eigenvalue weighted by Gasteiger charge is 2.40. The molecule has 0 unspecified atom stereocenters. The van der Waals surface area contributed by atoms with Crippen LogP contribution >= 0.6 is 23.2 Å². The van der Waals surface area contributed by atoms with Crippen LogP contribution in [0, 0.1) is 6.92 Å². The van der Waals surface area contributed by atoms with Gasteiger partial charge in [-0.25, -0.2) is 4.90 Å². The number of carbonyl (C=O) groups is 2. The van der Waals surface area contributed by atoms with Crippen molar-refractivity contribution in [2.24, 2.45) is 0 Å². The Bertz CT molecular complexity index is 953. The van der Waals surface area contributed by atoms with Gasteiger partial charge < -0.3 is 9.47 Å². The number of carbonyl (C=O) groups excluding carboxylic acids is 2. The SMILES string of the molecule is COc1ccc(C2=C(Cl)C(=O)N(c3ccc(Cl)cc3C)C2=O)cc1OC. The molecule has 0 bridgehead atoms. The average molecular weight is 392 g/mol. The smallest absolute Gasteiger partial charge is 0.277 e. The second-order valence-corrected chi connectivity index (χ2v) is 6.45. The van der Waals surface area contributed by atoms with Gasteiger partial charge in [0, 0.05) is 5.02 Å². The van der Waals surface area contributed by atoms with Crippen molar-refractivity contribution in [3.05, 3.63) is 57.6 Å². The zero-order chi connectivity index (χ0) is 19.0. The molecule has 2 aromatic rings. The lowest BCUT2D eigenvalue weighted by molar-refractivity contribution is -0.119. The minimum Gasteiger partial charge on any atom is -0.493 e. The first-order chi connectivity index (χ1) is 12.4.